The van der Waals surface area contributed by atoms with Crippen LogP contribution in [0.4, 0.5) is 0 Å². The molecular formula is C20H18Cl2N4O. The van der Waals surface area contributed by atoms with Gasteiger partial charge in [-0.25, -0.2) is 9.67 Å². The topological polar surface area (TPSA) is 51.0 Å². The van der Waals surface area contributed by atoms with E-state index < -0.39 is 0 Å². The fourth-order valence-electron chi connectivity index (χ4n) is 2.56. The maximum Gasteiger partial charge on any atom is 0.246 e. The number of rotatable bonds is 5. The summed E-state index contributed by atoms with van der Waals surface area (Å²) in [7, 11) is 1.78. The van der Waals surface area contributed by atoms with Crippen molar-refractivity contribution < 1.29 is 4.79 Å². The van der Waals surface area contributed by atoms with E-state index in [1.165, 1.54) is 12.4 Å². The Labute approximate surface area is 167 Å². The highest BCUT2D eigenvalue weighted by Gasteiger charge is 2.15. The van der Waals surface area contributed by atoms with Gasteiger partial charge in [0, 0.05) is 13.1 Å². The van der Waals surface area contributed by atoms with Gasteiger partial charge in [0.2, 0.25) is 5.91 Å². The number of halogens is 2. The number of nitrogens with zero attached hydrogens (tertiary/aromatic N) is 4. The van der Waals surface area contributed by atoms with E-state index in [1.54, 1.807) is 41.2 Å². The minimum absolute atomic E-state index is 0.0826. The molecule has 5 nitrogen and oxygen atoms in total. The van der Waals surface area contributed by atoms with Crippen molar-refractivity contribution in [2.24, 2.45) is 0 Å². The van der Waals surface area contributed by atoms with E-state index in [1.807, 2.05) is 37.3 Å². The molecule has 0 unspecified atom stereocenters. The van der Waals surface area contributed by atoms with Gasteiger partial charge in [0.1, 0.15) is 12.7 Å². The van der Waals surface area contributed by atoms with Crippen molar-refractivity contribution in [2.45, 2.75) is 13.0 Å². The first-order valence-corrected chi connectivity index (χ1v) is 9.06. The Balaban J connectivity index is 1.68. The molecule has 0 aliphatic heterocycles. The minimum atomic E-state index is -0.103. The summed E-state index contributed by atoms with van der Waals surface area (Å²) in [6.07, 6.45) is 6.38. The second kappa shape index (κ2) is 8.37. The zero-order valence-corrected chi connectivity index (χ0v) is 16.4. The molecule has 0 bridgehead atoms. The fraction of sp³-hybridized carbons (Fsp3) is 0.150. The zero-order valence-electron chi connectivity index (χ0n) is 14.9. The van der Waals surface area contributed by atoms with Gasteiger partial charge in [-0.15, -0.1) is 0 Å². The highest BCUT2D eigenvalue weighted by Crippen LogP contribution is 2.24. The molecule has 0 aliphatic rings. The molecule has 7 heteroatoms. The van der Waals surface area contributed by atoms with E-state index >= 15 is 0 Å². The van der Waals surface area contributed by atoms with Gasteiger partial charge < -0.3 is 4.90 Å². The smallest absolute Gasteiger partial charge is 0.246 e. The molecule has 0 aliphatic carbocycles. The van der Waals surface area contributed by atoms with Gasteiger partial charge in [-0.3, -0.25) is 4.79 Å². The second-order valence-electron chi connectivity index (χ2n) is 6.06. The van der Waals surface area contributed by atoms with E-state index in [4.69, 9.17) is 23.2 Å². The number of aromatic nitrogens is 3. The summed E-state index contributed by atoms with van der Waals surface area (Å²) in [4.78, 5) is 18.1. The number of carbonyl (C=O) groups excluding carboxylic acids is 1. The minimum Gasteiger partial charge on any atom is -0.335 e. The second-order valence-corrected chi connectivity index (χ2v) is 6.88. The molecule has 0 saturated carbocycles. The van der Waals surface area contributed by atoms with Crippen molar-refractivity contribution >= 4 is 35.2 Å². The Morgan fingerprint density at radius 2 is 1.89 bits per heavy atom. The predicted molar refractivity (Wildman–Crippen MR) is 108 cm³/mol. The van der Waals surface area contributed by atoms with Gasteiger partial charge in [-0.1, -0.05) is 41.4 Å². The maximum atomic E-state index is 12.5. The third-order valence-electron chi connectivity index (χ3n) is 4.35. The molecule has 1 amide bonds. The van der Waals surface area contributed by atoms with E-state index in [-0.39, 0.29) is 11.9 Å². The molecule has 1 aromatic heterocycles. The van der Waals surface area contributed by atoms with E-state index in [0.29, 0.717) is 10.0 Å². The van der Waals surface area contributed by atoms with Gasteiger partial charge >= 0.3 is 0 Å². The van der Waals surface area contributed by atoms with Crippen LogP contribution in [0.1, 0.15) is 24.1 Å². The van der Waals surface area contributed by atoms with Gasteiger partial charge in [-0.05, 0) is 48.4 Å². The molecule has 1 heterocycles. The van der Waals surface area contributed by atoms with Crippen molar-refractivity contribution in [3.63, 3.8) is 0 Å². The molecule has 138 valence electrons. The summed E-state index contributed by atoms with van der Waals surface area (Å²) in [6, 6.07) is 13.0. The molecule has 0 saturated heterocycles. The Morgan fingerprint density at radius 1 is 1.15 bits per heavy atom. The van der Waals surface area contributed by atoms with Crippen LogP contribution in [0, 0.1) is 0 Å². The molecule has 1 atom stereocenters. The molecule has 0 fully saturated rings. The first-order chi connectivity index (χ1) is 13.0. The van der Waals surface area contributed by atoms with Crippen LogP contribution in [0.25, 0.3) is 11.8 Å². The lowest BCUT2D eigenvalue weighted by molar-refractivity contribution is -0.126. The lowest BCUT2D eigenvalue weighted by atomic mass is 10.1. The number of hydrogen-bond donors (Lipinski definition) is 0. The molecule has 3 aromatic rings. The molecular weight excluding hydrogens is 383 g/mol. The number of hydrogen-bond acceptors (Lipinski definition) is 3. The van der Waals surface area contributed by atoms with Crippen LogP contribution in [-0.2, 0) is 4.79 Å². The molecule has 2 aromatic carbocycles. The number of benzene rings is 2. The third kappa shape index (κ3) is 4.56. The van der Waals surface area contributed by atoms with Crippen LogP contribution in [0.2, 0.25) is 10.0 Å². The lowest BCUT2D eigenvalue weighted by Gasteiger charge is -2.24. The van der Waals surface area contributed by atoms with Crippen LogP contribution in [0.15, 0.2) is 61.2 Å². The maximum absolute atomic E-state index is 12.5. The standard InChI is InChI=1S/C20H18Cl2N4O/c1-14(16-5-7-17(8-6-16)26-13-23-12-24-26)25(2)20(27)10-4-15-3-9-18(21)19(22)11-15/h3-14H,1-2H3/b10-4+/t14-/m0/s1. The third-order valence-corrected chi connectivity index (χ3v) is 5.09. The van der Waals surface area contributed by atoms with Crippen LogP contribution in [0.5, 0.6) is 0 Å². The van der Waals surface area contributed by atoms with Crippen LogP contribution in [-0.4, -0.2) is 32.6 Å². The molecule has 0 spiro atoms. The van der Waals surface area contributed by atoms with E-state index in [9.17, 15) is 4.79 Å². The largest absolute Gasteiger partial charge is 0.335 e. The van der Waals surface area contributed by atoms with Crippen molar-refractivity contribution in [1.82, 2.24) is 19.7 Å². The highest BCUT2D eigenvalue weighted by molar-refractivity contribution is 6.42. The van der Waals surface area contributed by atoms with Gasteiger partial charge in [0.05, 0.1) is 21.8 Å². The summed E-state index contributed by atoms with van der Waals surface area (Å²) >= 11 is 11.9. The summed E-state index contributed by atoms with van der Waals surface area (Å²) < 4.78 is 1.68. The van der Waals surface area contributed by atoms with Gasteiger partial charge in [0.15, 0.2) is 0 Å². The SMILES string of the molecule is C[C@@H](c1ccc(-n2cncn2)cc1)N(C)C(=O)/C=C/c1ccc(Cl)c(Cl)c1. The predicted octanol–water partition coefficient (Wildman–Crippen LogP) is 4.81. The Morgan fingerprint density at radius 3 is 2.52 bits per heavy atom. The van der Waals surface area contributed by atoms with Crippen LogP contribution in [0.3, 0.4) is 0 Å². The summed E-state index contributed by atoms with van der Waals surface area (Å²) in [6.45, 7) is 1.98. The monoisotopic (exact) mass is 400 g/mol. The van der Waals surface area contributed by atoms with Gasteiger partial charge in [-0.2, -0.15) is 5.10 Å². The summed E-state index contributed by atoms with van der Waals surface area (Å²) in [5, 5.41) is 5.05. The fourth-order valence-corrected chi connectivity index (χ4v) is 2.87. The van der Waals surface area contributed by atoms with Gasteiger partial charge in [0.25, 0.3) is 0 Å². The molecule has 3 rings (SSSR count). The summed E-state index contributed by atoms with van der Waals surface area (Å²) in [5.41, 5.74) is 2.76. The van der Waals surface area contributed by atoms with E-state index in [2.05, 4.69) is 10.1 Å². The Hall–Kier alpha value is -2.63. The molecule has 0 N–H and O–H groups in total. The average molecular weight is 401 g/mol. The highest BCUT2D eigenvalue weighted by atomic mass is 35.5. The first-order valence-electron chi connectivity index (χ1n) is 8.30. The Bertz CT molecular complexity index is 953. The van der Waals surface area contributed by atoms with Crippen LogP contribution >= 0.6 is 23.2 Å². The van der Waals surface area contributed by atoms with Crippen molar-refractivity contribution in [3.05, 3.63) is 82.4 Å². The quantitative estimate of drug-likeness (QED) is 0.577. The number of carbonyl (C=O) groups is 1. The molecule has 0 radical (unpaired) electrons. The summed E-state index contributed by atoms with van der Waals surface area (Å²) in [5.74, 6) is -0.103. The number of amides is 1. The normalized spacial score (nSPS) is 12.3. The lowest BCUT2D eigenvalue weighted by Crippen LogP contribution is -2.27. The van der Waals surface area contributed by atoms with Crippen molar-refractivity contribution in [1.29, 1.82) is 0 Å². The van der Waals surface area contributed by atoms with Crippen molar-refractivity contribution in [3.8, 4) is 5.69 Å². The molecule has 27 heavy (non-hydrogen) atoms. The van der Waals surface area contributed by atoms with Crippen LogP contribution < -0.4 is 0 Å². The van der Waals surface area contributed by atoms with E-state index in [0.717, 1.165) is 16.8 Å². The average Bonchev–Trinajstić information content (AvgIpc) is 3.22. The zero-order chi connectivity index (χ0) is 19.4. The van der Waals surface area contributed by atoms with Crippen molar-refractivity contribution in [2.75, 3.05) is 7.05 Å². The number of likely N-dealkylation sites (N-methyl/N-ethyl adjacent to an activating group) is 1. The Kier molecular flexibility index (Phi) is 5.94. The first kappa shape index (κ1) is 19.1.